The lowest BCUT2D eigenvalue weighted by atomic mass is 10.1. The molecular formula is C13H19F2NO. The highest BCUT2D eigenvalue weighted by atomic mass is 19.3. The van der Waals surface area contributed by atoms with Gasteiger partial charge in [0.2, 0.25) is 0 Å². The van der Waals surface area contributed by atoms with Crippen LogP contribution in [0.4, 0.5) is 8.78 Å². The van der Waals surface area contributed by atoms with Gasteiger partial charge in [-0.25, -0.2) is 8.78 Å². The zero-order chi connectivity index (χ0) is 12.8. The summed E-state index contributed by atoms with van der Waals surface area (Å²) in [5, 5.41) is 2.77. The van der Waals surface area contributed by atoms with Crippen molar-refractivity contribution in [3.63, 3.8) is 0 Å². The fraction of sp³-hybridized carbons (Fsp3) is 0.538. The van der Waals surface area contributed by atoms with Gasteiger partial charge >= 0.3 is 0 Å². The lowest BCUT2D eigenvalue weighted by Crippen LogP contribution is -2.27. The van der Waals surface area contributed by atoms with Crippen LogP contribution in [0.5, 0.6) is 5.75 Å². The molecular weight excluding hydrogens is 224 g/mol. The van der Waals surface area contributed by atoms with Crippen molar-refractivity contribution < 1.29 is 13.5 Å². The Morgan fingerprint density at radius 2 is 2.00 bits per heavy atom. The van der Waals surface area contributed by atoms with E-state index in [1.807, 2.05) is 20.8 Å². The minimum atomic E-state index is -2.43. The molecule has 1 atom stereocenters. The van der Waals surface area contributed by atoms with Crippen LogP contribution in [0.15, 0.2) is 24.3 Å². The summed E-state index contributed by atoms with van der Waals surface area (Å²) in [7, 11) is 0. The molecule has 17 heavy (non-hydrogen) atoms. The summed E-state index contributed by atoms with van der Waals surface area (Å²) in [6.07, 6.45) is -2.39. The molecule has 0 saturated heterocycles. The maximum Gasteiger partial charge on any atom is 0.257 e. The summed E-state index contributed by atoms with van der Waals surface area (Å²) in [4.78, 5) is 0. The van der Waals surface area contributed by atoms with Gasteiger partial charge in [-0.1, -0.05) is 19.1 Å². The first-order valence-electron chi connectivity index (χ1n) is 5.82. The minimum Gasteiger partial charge on any atom is -0.491 e. The average Bonchev–Trinajstić information content (AvgIpc) is 2.24. The van der Waals surface area contributed by atoms with E-state index in [9.17, 15) is 8.78 Å². The van der Waals surface area contributed by atoms with Crippen LogP contribution in [0.2, 0.25) is 0 Å². The Hall–Kier alpha value is -1.16. The van der Waals surface area contributed by atoms with E-state index in [1.165, 1.54) is 0 Å². The fourth-order valence-corrected chi connectivity index (χ4v) is 1.63. The van der Waals surface area contributed by atoms with Crippen LogP contribution >= 0.6 is 0 Å². The molecule has 96 valence electrons. The molecule has 0 saturated carbocycles. The van der Waals surface area contributed by atoms with Crippen molar-refractivity contribution in [2.24, 2.45) is 0 Å². The van der Waals surface area contributed by atoms with Gasteiger partial charge in [0.15, 0.2) is 0 Å². The molecule has 0 aliphatic heterocycles. The molecule has 1 aromatic rings. The van der Waals surface area contributed by atoms with Crippen LogP contribution < -0.4 is 10.1 Å². The maximum absolute atomic E-state index is 12.9. The number of nitrogens with one attached hydrogen (secondary N) is 1. The third kappa shape index (κ3) is 4.30. The van der Waals surface area contributed by atoms with E-state index < -0.39 is 12.5 Å². The zero-order valence-corrected chi connectivity index (χ0v) is 10.4. The third-order valence-electron chi connectivity index (χ3n) is 2.27. The van der Waals surface area contributed by atoms with Crippen LogP contribution in [0.1, 0.15) is 32.4 Å². The van der Waals surface area contributed by atoms with Crippen LogP contribution in [0.3, 0.4) is 0 Å². The van der Waals surface area contributed by atoms with E-state index in [1.54, 1.807) is 24.3 Å². The van der Waals surface area contributed by atoms with E-state index in [0.29, 0.717) is 17.9 Å². The average molecular weight is 243 g/mol. The summed E-state index contributed by atoms with van der Waals surface area (Å²) < 4.78 is 31.2. The van der Waals surface area contributed by atoms with Gasteiger partial charge in [0.1, 0.15) is 5.75 Å². The standard InChI is InChI=1S/C13H19F2NO/c1-4-16-12(13(14)15)10-6-5-7-11(8-10)17-9(2)3/h5-9,12-13,16H,4H2,1-3H3. The molecule has 4 heteroatoms. The van der Waals surface area contributed by atoms with Crippen LogP contribution in [0, 0.1) is 0 Å². The molecule has 0 bridgehead atoms. The Labute approximate surface area is 101 Å². The molecule has 0 aliphatic rings. The first-order chi connectivity index (χ1) is 8.04. The van der Waals surface area contributed by atoms with Gasteiger partial charge in [0, 0.05) is 0 Å². The summed E-state index contributed by atoms with van der Waals surface area (Å²) >= 11 is 0. The number of halogens is 2. The molecule has 1 unspecified atom stereocenters. The predicted octanol–water partition coefficient (Wildman–Crippen LogP) is 3.39. The van der Waals surface area contributed by atoms with Gasteiger partial charge in [-0.05, 0) is 38.1 Å². The highest BCUT2D eigenvalue weighted by Gasteiger charge is 2.21. The number of ether oxygens (including phenoxy) is 1. The van der Waals surface area contributed by atoms with E-state index >= 15 is 0 Å². The van der Waals surface area contributed by atoms with Gasteiger partial charge in [-0.15, -0.1) is 0 Å². The number of hydrogen-bond acceptors (Lipinski definition) is 2. The number of rotatable bonds is 6. The summed E-state index contributed by atoms with van der Waals surface area (Å²) in [6.45, 7) is 6.12. The summed E-state index contributed by atoms with van der Waals surface area (Å²) in [5.74, 6) is 0.626. The molecule has 2 nitrogen and oxygen atoms in total. The maximum atomic E-state index is 12.9. The minimum absolute atomic E-state index is 0.0365. The molecule has 0 aromatic heterocycles. The molecule has 0 heterocycles. The molecule has 0 spiro atoms. The highest BCUT2D eigenvalue weighted by Crippen LogP contribution is 2.24. The number of benzene rings is 1. The van der Waals surface area contributed by atoms with Crippen LogP contribution in [-0.2, 0) is 0 Å². The second kappa shape index (κ2) is 6.55. The second-order valence-corrected chi connectivity index (χ2v) is 4.11. The van der Waals surface area contributed by atoms with Crippen molar-refractivity contribution in [1.82, 2.24) is 5.32 Å². The predicted molar refractivity (Wildman–Crippen MR) is 64.6 cm³/mol. The van der Waals surface area contributed by atoms with Crippen molar-refractivity contribution in [2.45, 2.75) is 39.3 Å². The molecule has 0 amide bonds. The second-order valence-electron chi connectivity index (χ2n) is 4.11. The summed E-state index contributed by atoms with van der Waals surface area (Å²) in [5.41, 5.74) is 0.556. The normalized spacial score (nSPS) is 13.1. The number of hydrogen-bond donors (Lipinski definition) is 1. The van der Waals surface area contributed by atoms with Gasteiger partial charge in [0.05, 0.1) is 12.1 Å². The van der Waals surface area contributed by atoms with Crippen LogP contribution in [0.25, 0.3) is 0 Å². The molecule has 1 rings (SSSR count). The van der Waals surface area contributed by atoms with Crippen LogP contribution in [-0.4, -0.2) is 19.1 Å². The van der Waals surface area contributed by atoms with Crippen molar-refractivity contribution >= 4 is 0 Å². The first-order valence-corrected chi connectivity index (χ1v) is 5.82. The van der Waals surface area contributed by atoms with Crippen molar-refractivity contribution in [1.29, 1.82) is 0 Å². The van der Waals surface area contributed by atoms with Crippen molar-refractivity contribution in [3.8, 4) is 5.75 Å². The Kier molecular flexibility index (Phi) is 5.35. The summed E-state index contributed by atoms with van der Waals surface area (Å²) in [6, 6.07) is 5.93. The monoisotopic (exact) mass is 243 g/mol. The van der Waals surface area contributed by atoms with Crippen molar-refractivity contribution in [3.05, 3.63) is 29.8 Å². The SMILES string of the molecule is CCNC(c1cccc(OC(C)C)c1)C(F)F. The van der Waals surface area contributed by atoms with Gasteiger partial charge in [0.25, 0.3) is 6.43 Å². The number of alkyl halides is 2. The third-order valence-corrected chi connectivity index (χ3v) is 2.27. The zero-order valence-electron chi connectivity index (χ0n) is 10.4. The van der Waals surface area contributed by atoms with E-state index in [-0.39, 0.29) is 6.10 Å². The first kappa shape index (κ1) is 13.9. The van der Waals surface area contributed by atoms with E-state index in [0.717, 1.165) is 0 Å². The molecule has 0 radical (unpaired) electrons. The van der Waals surface area contributed by atoms with Gasteiger partial charge in [-0.3, -0.25) is 0 Å². The lowest BCUT2D eigenvalue weighted by molar-refractivity contribution is 0.0991. The smallest absolute Gasteiger partial charge is 0.257 e. The van der Waals surface area contributed by atoms with Gasteiger partial charge < -0.3 is 10.1 Å². The largest absolute Gasteiger partial charge is 0.491 e. The Morgan fingerprint density at radius 1 is 1.29 bits per heavy atom. The Balaban J connectivity index is 2.87. The van der Waals surface area contributed by atoms with E-state index in [4.69, 9.17) is 4.74 Å². The van der Waals surface area contributed by atoms with Crippen molar-refractivity contribution in [2.75, 3.05) is 6.54 Å². The molecule has 1 N–H and O–H groups in total. The quantitative estimate of drug-likeness (QED) is 0.827. The highest BCUT2D eigenvalue weighted by molar-refractivity contribution is 5.31. The molecule has 0 fully saturated rings. The van der Waals surface area contributed by atoms with E-state index in [2.05, 4.69) is 5.32 Å². The van der Waals surface area contributed by atoms with Gasteiger partial charge in [-0.2, -0.15) is 0 Å². The fourth-order valence-electron chi connectivity index (χ4n) is 1.63. The molecule has 1 aromatic carbocycles. The molecule has 0 aliphatic carbocycles. The lowest BCUT2D eigenvalue weighted by Gasteiger charge is -2.18. The topological polar surface area (TPSA) is 21.3 Å². The Morgan fingerprint density at radius 3 is 2.53 bits per heavy atom. The Bertz CT molecular complexity index is 342.